The molecule has 0 radical (unpaired) electrons. The van der Waals surface area contributed by atoms with Crippen LogP contribution in [0.2, 0.25) is 0 Å². The fraction of sp³-hybridized carbons (Fsp3) is 1.00. The van der Waals surface area contributed by atoms with E-state index in [0.29, 0.717) is 25.7 Å². The van der Waals surface area contributed by atoms with Gasteiger partial charge in [-0.15, -0.1) is 11.6 Å². The van der Waals surface area contributed by atoms with E-state index >= 15 is 0 Å². The van der Waals surface area contributed by atoms with Crippen LogP contribution in [0.5, 0.6) is 0 Å². The van der Waals surface area contributed by atoms with Gasteiger partial charge in [0.25, 0.3) is 0 Å². The Hall–Kier alpha value is -0.260. The van der Waals surface area contributed by atoms with Gasteiger partial charge in [-0.05, 0) is 70.1 Å². The second kappa shape index (κ2) is 11.6. The molecule has 3 aliphatic carbocycles. The first-order valence-electron chi connectivity index (χ1n) is 12.6. The SMILES string of the molecule is CCN(C1CCCC(OCC2CC(C(F)(F)F)CCC2Cl)C1)S(=O)(=O)C1CCCC(C(F)(F)F)C1. The maximum atomic E-state index is 13.4. The molecule has 0 aromatic rings. The molecule has 0 N–H and O–H groups in total. The highest BCUT2D eigenvalue weighted by atomic mass is 35.5. The summed E-state index contributed by atoms with van der Waals surface area (Å²) < 4.78 is 113. The van der Waals surface area contributed by atoms with Gasteiger partial charge in [-0.25, -0.2) is 8.42 Å². The van der Waals surface area contributed by atoms with Crippen molar-refractivity contribution in [1.82, 2.24) is 4.31 Å². The van der Waals surface area contributed by atoms with Crippen LogP contribution in [-0.2, 0) is 14.8 Å². The van der Waals surface area contributed by atoms with Crippen LogP contribution in [0.15, 0.2) is 0 Å². The van der Waals surface area contributed by atoms with Crippen LogP contribution in [0.1, 0.15) is 77.6 Å². The lowest BCUT2D eigenvalue weighted by Gasteiger charge is -2.40. The Morgan fingerprint density at radius 1 is 0.857 bits per heavy atom. The van der Waals surface area contributed by atoms with Crippen molar-refractivity contribution in [3.8, 4) is 0 Å². The smallest absolute Gasteiger partial charge is 0.378 e. The lowest BCUT2D eigenvalue weighted by molar-refractivity contribution is -0.187. The number of rotatable bonds is 7. The molecule has 0 bridgehead atoms. The maximum Gasteiger partial charge on any atom is 0.391 e. The Kier molecular flexibility index (Phi) is 9.74. The predicted octanol–water partition coefficient (Wildman–Crippen LogP) is 6.67. The second-order valence-electron chi connectivity index (χ2n) is 10.4. The van der Waals surface area contributed by atoms with Gasteiger partial charge in [-0.1, -0.05) is 13.3 Å². The number of hydrogen-bond donors (Lipinski definition) is 0. The molecule has 3 aliphatic rings. The summed E-state index contributed by atoms with van der Waals surface area (Å²) in [5.41, 5.74) is 0. The zero-order valence-electron chi connectivity index (χ0n) is 20.0. The minimum absolute atomic E-state index is 0.0132. The minimum Gasteiger partial charge on any atom is -0.378 e. The Labute approximate surface area is 209 Å². The van der Waals surface area contributed by atoms with Crippen LogP contribution in [0.3, 0.4) is 0 Å². The summed E-state index contributed by atoms with van der Waals surface area (Å²) in [6, 6.07) is -0.393. The van der Waals surface area contributed by atoms with Gasteiger partial charge in [-0.2, -0.15) is 30.6 Å². The summed E-state index contributed by atoms with van der Waals surface area (Å²) in [7, 11) is -3.93. The fourth-order valence-corrected chi connectivity index (χ4v) is 8.63. The van der Waals surface area contributed by atoms with Crippen molar-refractivity contribution in [3.05, 3.63) is 0 Å². The van der Waals surface area contributed by atoms with Crippen molar-refractivity contribution in [2.45, 2.75) is 113 Å². The van der Waals surface area contributed by atoms with Gasteiger partial charge in [0.15, 0.2) is 0 Å². The van der Waals surface area contributed by atoms with Gasteiger partial charge in [0.05, 0.1) is 29.8 Å². The number of alkyl halides is 7. The molecule has 0 aliphatic heterocycles. The van der Waals surface area contributed by atoms with Gasteiger partial charge in [0.2, 0.25) is 10.0 Å². The molecule has 0 amide bonds. The predicted molar refractivity (Wildman–Crippen MR) is 122 cm³/mol. The molecule has 0 saturated heterocycles. The van der Waals surface area contributed by atoms with Crippen LogP contribution in [0.4, 0.5) is 26.3 Å². The zero-order valence-corrected chi connectivity index (χ0v) is 21.5. The molecule has 12 heteroatoms. The first-order valence-corrected chi connectivity index (χ1v) is 14.6. The molecule has 0 heterocycles. The minimum atomic E-state index is -4.40. The Bertz CT molecular complexity index is 793. The molecular weight excluding hydrogens is 520 g/mol. The lowest BCUT2D eigenvalue weighted by atomic mass is 9.81. The van der Waals surface area contributed by atoms with E-state index in [-0.39, 0.29) is 57.8 Å². The first kappa shape index (κ1) is 29.3. The average Bonchev–Trinajstić information content (AvgIpc) is 2.78. The second-order valence-corrected chi connectivity index (χ2v) is 13.1. The zero-order chi connectivity index (χ0) is 26.0. The van der Waals surface area contributed by atoms with Gasteiger partial charge >= 0.3 is 12.4 Å². The van der Waals surface area contributed by atoms with E-state index in [2.05, 4.69) is 0 Å². The highest BCUT2D eigenvalue weighted by Gasteiger charge is 2.48. The molecule has 3 rings (SSSR count). The molecule has 0 aromatic carbocycles. The Balaban J connectivity index is 1.60. The fourth-order valence-electron chi connectivity index (χ4n) is 6.04. The van der Waals surface area contributed by atoms with Gasteiger partial charge in [0, 0.05) is 18.0 Å². The van der Waals surface area contributed by atoms with Gasteiger partial charge < -0.3 is 4.74 Å². The van der Waals surface area contributed by atoms with Crippen LogP contribution >= 0.6 is 11.6 Å². The third-order valence-electron chi connectivity index (χ3n) is 8.05. The molecular formula is C23H36ClF6NO3S. The molecule has 3 fully saturated rings. The third kappa shape index (κ3) is 7.41. The quantitative estimate of drug-likeness (QED) is 0.260. The number of sulfonamides is 1. The normalized spacial score (nSPS) is 35.9. The van der Waals surface area contributed by atoms with E-state index in [1.165, 1.54) is 4.31 Å². The highest BCUT2D eigenvalue weighted by molar-refractivity contribution is 7.89. The van der Waals surface area contributed by atoms with Crippen molar-refractivity contribution < 1.29 is 39.5 Å². The van der Waals surface area contributed by atoms with Crippen molar-refractivity contribution in [2.75, 3.05) is 13.2 Å². The standard InChI is InChI=1S/C23H36ClF6NO3S/c1-2-31(35(32,33)20-8-3-5-16(12-20)22(25,26)27)18-6-4-7-19(13-18)34-14-15-11-17(23(28,29)30)9-10-21(15)24/h15-21H,2-14H2,1H3. The summed E-state index contributed by atoms with van der Waals surface area (Å²) in [4.78, 5) is 0. The molecule has 3 saturated carbocycles. The number of halogens is 7. The molecule has 35 heavy (non-hydrogen) atoms. The van der Waals surface area contributed by atoms with Crippen LogP contribution in [0.25, 0.3) is 0 Å². The highest BCUT2D eigenvalue weighted by Crippen LogP contribution is 2.43. The summed E-state index contributed by atoms with van der Waals surface area (Å²) in [5.74, 6) is -3.41. The Morgan fingerprint density at radius 2 is 1.49 bits per heavy atom. The van der Waals surface area contributed by atoms with Crippen LogP contribution in [-0.4, -0.2) is 61.0 Å². The number of nitrogens with zero attached hydrogens (tertiary/aromatic N) is 1. The third-order valence-corrected chi connectivity index (χ3v) is 11.1. The summed E-state index contributed by atoms with van der Waals surface area (Å²) in [6.07, 6.45) is -6.47. The monoisotopic (exact) mass is 555 g/mol. The molecule has 0 aromatic heterocycles. The van der Waals surface area contributed by atoms with Gasteiger partial charge in [-0.3, -0.25) is 0 Å². The van der Waals surface area contributed by atoms with Crippen molar-refractivity contribution >= 4 is 21.6 Å². The summed E-state index contributed by atoms with van der Waals surface area (Å²) in [6.45, 7) is 1.93. The van der Waals surface area contributed by atoms with Crippen LogP contribution in [0, 0.1) is 17.8 Å². The van der Waals surface area contributed by atoms with E-state index in [1.54, 1.807) is 6.92 Å². The first-order chi connectivity index (χ1) is 16.2. The molecule has 206 valence electrons. The largest absolute Gasteiger partial charge is 0.391 e. The molecule has 4 nitrogen and oxygen atoms in total. The molecule has 7 unspecified atom stereocenters. The molecule has 0 spiro atoms. The van der Waals surface area contributed by atoms with E-state index in [9.17, 15) is 34.8 Å². The van der Waals surface area contributed by atoms with E-state index < -0.39 is 63.2 Å². The van der Waals surface area contributed by atoms with Gasteiger partial charge in [0.1, 0.15) is 0 Å². The Morgan fingerprint density at radius 3 is 2.11 bits per heavy atom. The van der Waals surface area contributed by atoms with E-state index in [0.717, 1.165) is 0 Å². The lowest BCUT2D eigenvalue weighted by Crippen LogP contribution is -2.49. The number of ether oxygens (including phenoxy) is 1. The van der Waals surface area contributed by atoms with Crippen molar-refractivity contribution in [3.63, 3.8) is 0 Å². The summed E-state index contributed by atoms with van der Waals surface area (Å²) >= 11 is 6.29. The van der Waals surface area contributed by atoms with E-state index in [4.69, 9.17) is 16.3 Å². The van der Waals surface area contributed by atoms with Crippen molar-refractivity contribution in [1.29, 1.82) is 0 Å². The topological polar surface area (TPSA) is 46.6 Å². The maximum absolute atomic E-state index is 13.4. The van der Waals surface area contributed by atoms with E-state index in [1.807, 2.05) is 0 Å². The van der Waals surface area contributed by atoms with Crippen LogP contribution < -0.4 is 0 Å². The molecule has 7 atom stereocenters. The summed E-state index contributed by atoms with van der Waals surface area (Å²) in [5, 5.41) is -1.45. The van der Waals surface area contributed by atoms with Crippen molar-refractivity contribution in [2.24, 2.45) is 17.8 Å². The average molecular weight is 556 g/mol. The number of hydrogen-bond acceptors (Lipinski definition) is 3.